The van der Waals surface area contributed by atoms with Gasteiger partial charge in [-0.3, -0.25) is 4.98 Å². The van der Waals surface area contributed by atoms with Crippen molar-refractivity contribution in [1.82, 2.24) is 4.98 Å². The molecule has 0 aliphatic carbocycles. The third-order valence-electron chi connectivity index (χ3n) is 3.08. The molecule has 0 bridgehead atoms. The molecule has 2 heterocycles. The molecule has 0 spiro atoms. The van der Waals surface area contributed by atoms with Crippen molar-refractivity contribution in [3.63, 3.8) is 0 Å². The fourth-order valence-electron chi connectivity index (χ4n) is 2.22. The topological polar surface area (TPSA) is 31.4 Å². The first-order valence-electron chi connectivity index (χ1n) is 5.81. The molecule has 3 aromatic rings. The number of hydrogen-bond donors (Lipinski definition) is 1. The minimum Gasteiger partial charge on any atom is -0.351 e. The van der Waals surface area contributed by atoms with Crippen molar-refractivity contribution in [1.29, 1.82) is 0 Å². The van der Waals surface area contributed by atoms with Crippen molar-refractivity contribution in [2.24, 2.45) is 0 Å². The van der Waals surface area contributed by atoms with Crippen LogP contribution in [0.4, 0.5) is 0 Å². The third-order valence-corrected chi connectivity index (χ3v) is 4.87. The zero-order valence-electron chi connectivity index (χ0n) is 10.6. The second-order valence-corrected chi connectivity index (χ2v) is 5.66. The van der Waals surface area contributed by atoms with Gasteiger partial charge in [-0.2, -0.15) is 0 Å². The molecule has 0 aliphatic heterocycles. The number of nitrogens with zero attached hydrogens (tertiary/aromatic N) is 1. The fraction of sp³-hybridized carbons (Fsp3) is 0.214. The van der Waals surface area contributed by atoms with Gasteiger partial charge in [0.2, 0.25) is 0 Å². The average Bonchev–Trinajstić information content (AvgIpc) is 2.78. The SMILES string of the molecule is COC(OC)c1sc2ccc3ncccc3c2c1S. The summed E-state index contributed by atoms with van der Waals surface area (Å²) in [5.41, 5.74) is 0.973. The van der Waals surface area contributed by atoms with E-state index in [1.807, 2.05) is 12.1 Å². The smallest absolute Gasteiger partial charge is 0.193 e. The van der Waals surface area contributed by atoms with Crippen molar-refractivity contribution in [3.05, 3.63) is 35.3 Å². The predicted octanol–water partition coefficient (Wildman–Crippen LogP) is 4.03. The lowest BCUT2D eigenvalue weighted by atomic mass is 10.1. The summed E-state index contributed by atoms with van der Waals surface area (Å²) in [6, 6.07) is 8.10. The summed E-state index contributed by atoms with van der Waals surface area (Å²) < 4.78 is 11.8. The second-order valence-electron chi connectivity index (χ2n) is 4.13. The lowest BCUT2D eigenvalue weighted by Gasteiger charge is -2.11. The maximum Gasteiger partial charge on any atom is 0.193 e. The molecule has 19 heavy (non-hydrogen) atoms. The van der Waals surface area contributed by atoms with E-state index in [4.69, 9.17) is 9.47 Å². The molecule has 0 radical (unpaired) electrons. The van der Waals surface area contributed by atoms with E-state index in [2.05, 4.69) is 29.7 Å². The summed E-state index contributed by atoms with van der Waals surface area (Å²) in [5, 5.41) is 2.23. The first-order valence-corrected chi connectivity index (χ1v) is 7.07. The van der Waals surface area contributed by atoms with Crippen LogP contribution in [-0.4, -0.2) is 19.2 Å². The molecule has 98 valence electrons. The third kappa shape index (κ3) is 2.03. The maximum absolute atomic E-state index is 5.33. The lowest BCUT2D eigenvalue weighted by molar-refractivity contribution is -0.104. The highest BCUT2D eigenvalue weighted by atomic mass is 32.1. The number of methoxy groups -OCH3 is 2. The first kappa shape index (κ1) is 12.9. The van der Waals surface area contributed by atoms with Crippen molar-refractivity contribution < 1.29 is 9.47 Å². The van der Waals surface area contributed by atoms with Crippen LogP contribution in [0.15, 0.2) is 35.4 Å². The van der Waals surface area contributed by atoms with E-state index in [0.717, 1.165) is 26.1 Å². The summed E-state index contributed by atoms with van der Waals surface area (Å²) in [4.78, 5) is 6.27. The highest BCUT2D eigenvalue weighted by Crippen LogP contribution is 2.41. The van der Waals surface area contributed by atoms with Crippen molar-refractivity contribution in [2.75, 3.05) is 14.2 Å². The maximum atomic E-state index is 5.33. The molecular formula is C14H13NO2S2. The van der Waals surface area contributed by atoms with E-state index >= 15 is 0 Å². The van der Waals surface area contributed by atoms with Gasteiger partial charge in [0.1, 0.15) is 0 Å². The largest absolute Gasteiger partial charge is 0.351 e. The van der Waals surface area contributed by atoms with Crippen LogP contribution < -0.4 is 0 Å². The van der Waals surface area contributed by atoms with Gasteiger partial charge in [0.25, 0.3) is 0 Å². The molecule has 0 fully saturated rings. The zero-order chi connectivity index (χ0) is 13.4. The molecule has 1 aromatic carbocycles. The zero-order valence-corrected chi connectivity index (χ0v) is 12.3. The van der Waals surface area contributed by atoms with E-state index in [9.17, 15) is 0 Å². The summed E-state index contributed by atoms with van der Waals surface area (Å²) in [5.74, 6) is 0. The standard InChI is InChI=1S/C14H13NO2S2/c1-16-14(17-2)13-12(18)11-8-4-3-7-15-9(8)5-6-10(11)19-13/h3-7,14,18H,1-2H3. The van der Waals surface area contributed by atoms with Gasteiger partial charge >= 0.3 is 0 Å². The Labute approximate surface area is 120 Å². The van der Waals surface area contributed by atoms with E-state index in [-0.39, 0.29) is 6.29 Å². The van der Waals surface area contributed by atoms with Gasteiger partial charge in [0.15, 0.2) is 6.29 Å². The van der Waals surface area contributed by atoms with Crippen LogP contribution in [-0.2, 0) is 9.47 Å². The number of rotatable bonds is 3. The Morgan fingerprint density at radius 3 is 2.74 bits per heavy atom. The quantitative estimate of drug-likeness (QED) is 0.584. The molecule has 0 saturated heterocycles. The summed E-state index contributed by atoms with van der Waals surface area (Å²) in [6.07, 6.45) is 1.42. The average molecular weight is 291 g/mol. The molecule has 0 aliphatic rings. The molecule has 2 aromatic heterocycles. The molecule has 3 rings (SSSR count). The Kier molecular flexibility index (Phi) is 3.45. The van der Waals surface area contributed by atoms with Gasteiger partial charge in [0, 0.05) is 40.8 Å². The lowest BCUT2D eigenvalue weighted by Crippen LogP contribution is -2.01. The second kappa shape index (κ2) is 5.09. The summed E-state index contributed by atoms with van der Waals surface area (Å²) in [7, 11) is 3.26. The normalized spacial score (nSPS) is 11.8. The number of hydrogen-bond acceptors (Lipinski definition) is 5. The molecule has 0 amide bonds. The number of benzene rings is 1. The Bertz CT molecular complexity index is 735. The van der Waals surface area contributed by atoms with Crippen molar-refractivity contribution in [3.8, 4) is 0 Å². The number of ether oxygens (including phenoxy) is 2. The van der Waals surface area contributed by atoms with Crippen LogP contribution in [0.2, 0.25) is 0 Å². The van der Waals surface area contributed by atoms with E-state index < -0.39 is 0 Å². The highest BCUT2D eigenvalue weighted by Gasteiger charge is 2.19. The summed E-state index contributed by atoms with van der Waals surface area (Å²) in [6.45, 7) is 0. The molecule has 3 nitrogen and oxygen atoms in total. The van der Waals surface area contributed by atoms with Crippen LogP contribution in [0.5, 0.6) is 0 Å². The molecule has 0 atom stereocenters. The first-order chi connectivity index (χ1) is 9.26. The van der Waals surface area contributed by atoms with Gasteiger partial charge in [-0.05, 0) is 18.2 Å². The Balaban J connectivity index is 2.34. The molecule has 0 saturated carbocycles. The number of pyridine rings is 1. The number of thiophene rings is 1. The van der Waals surface area contributed by atoms with E-state index in [1.54, 1.807) is 31.8 Å². The van der Waals surface area contributed by atoms with Gasteiger partial charge in [-0.25, -0.2) is 0 Å². The molecule has 5 heteroatoms. The van der Waals surface area contributed by atoms with Crippen LogP contribution in [0.1, 0.15) is 11.2 Å². The van der Waals surface area contributed by atoms with Gasteiger partial charge in [-0.15, -0.1) is 24.0 Å². The van der Waals surface area contributed by atoms with E-state index in [0.29, 0.717) is 0 Å². The fourth-order valence-corrected chi connectivity index (χ4v) is 3.96. The number of thiol groups is 1. The van der Waals surface area contributed by atoms with Crippen LogP contribution in [0.3, 0.4) is 0 Å². The minimum absolute atomic E-state index is 0.378. The van der Waals surface area contributed by atoms with Gasteiger partial charge in [0.05, 0.1) is 10.4 Å². The Morgan fingerprint density at radius 1 is 1.21 bits per heavy atom. The molecule has 0 unspecified atom stereocenters. The van der Waals surface area contributed by atoms with Gasteiger partial charge < -0.3 is 9.47 Å². The van der Waals surface area contributed by atoms with Crippen LogP contribution >= 0.6 is 24.0 Å². The number of fused-ring (bicyclic) bond motifs is 3. The monoisotopic (exact) mass is 291 g/mol. The molecular weight excluding hydrogens is 278 g/mol. The van der Waals surface area contributed by atoms with Crippen molar-refractivity contribution >= 4 is 45.0 Å². The molecule has 0 N–H and O–H groups in total. The summed E-state index contributed by atoms with van der Waals surface area (Å²) >= 11 is 6.30. The van der Waals surface area contributed by atoms with Crippen LogP contribution in [0.25, 0.3) is 21.0 Å². The Hall–Kier alpha value is -1.14. The predicted molar refractivity (Wildman–Crippen MR) is 81.1 cm³/mol. The highest BCUT2D eigenvalue weighted by molar-refractivity contribution is 7.81. The number of aromatic nitrogens is 1. The Morgan fingerprint density at radius 2 is 2.00 bits per heavy atom. The minimum atomic E-state index is -0.378. The van der Waals surface area contributed by atoms with Crippen molar-refractivity contribution in [2.45, 2.75) is 11.2 Å². The van der Waals surface area contributed by atoms with E-state index in [1.165, 1.54) is 4.70 Å². The van der Waals surface area contributed by atoms with Crippen LogP contribution in [0, 0.1) is 0 Å². The van der Waals surface area contributed by atoms with Gasteiger partial charge in [-0.1, -0.05) is 6.07 Å².